The Morgan fingerprint density at radius 2 is 1.50 bits per heavy atom. The number of Topliss-reactive ketones (excluding diaryl/α,β-unsaturated/α-hetero) is 2. The molecule has 0 aromatic rings. The van der Waals surface area contributed by atoms with Crippen molar-refractivity contribution in [1.82, 2.24) is 10.6 Å². The molecule has 0 aliphatic heterocycles. The quantitative estimate of drug-likeness (QED) is 0.201. The molecule has 0 aliphatic rings. The van der Waals surface area contributed by atoms with Crippen molar-refractivity contribution in [3.63, 3.8) is 0 Å². The van der Waals surface area contributed by atoms with Crippen molar-refractivity contribution in [2.24, 2.45) is 0 Å². The van der Waals surface area contributed by atoms with E-state index in [2.05, 4.69) is 15.4 Å². The van der Waals surface area contributed by atoms with Gasteiger partial charge in [0.15, 0.2) is 12.6 Å². The summed E-state index contributed by atoms with van der Waals surface area (Å²) in [5.74, 6) is -1.96. The van der Waals surface area contributed by atoms with Gasteiger partial charge in [-0.1, -0.05) is 6.92 Å². The summed E-state index contributed by atoms with van der Waals surface area (Å²) in [6.07, 6.45) is 0.461. The number of rotatable bonds is 11. The van der Waals surface area contributed by atoms with Crippen molar-refractivity contribution in [1.29, 1.82) is 0 Å². The smallest absolute Gasteiger partial charge is 0.308 e. The second-order valence-corrected chi connectivity index (χ2v) is 4.06. The first kappa shape index (κ1) is 18.1. The lowest BCUT2D eigenvalue weighted by molar-refractivity contribution is -0.143. The lowest BCUT2D eigenvalue weighted by Crippen LogP contribution is -2.60. The first-order valence-electron chi connectivity index (χ1n) is 5.96. The molecule has 0 radical (unpaired) electrons. The molecule has 20 heavy (non-hydrogen) atoms. The molecule has 0 atom stereocenters. The number of hydrogen-bond acceptors (Lipinski definition) is 8. The van der Waals surface area contributed by atoms with E-state index in [1.165, 1.54) is 7.11 Å². The van der Waals surface area contributed by atoms with Crippen LogP contribution in [-0.2, 0) is 28.7 Å². The van der Waals surface area contributed by atoms with Crippen molar-refractivity contribution in [3.05, 3.63) is 0 Å². The Morgan fingerprint density at radius 1 is 1.05 bits per heavy atom. The molecule has 0 bridgehead atoms. The van der Waals surface area contributed by atoms with Gasteiger partial charge in [0.25, 0.3) is 0 Å². The fourth-order valence-corrected chi connectivity index (χ4v) is 1.48. The SMILES string of the molecule is CCC(CC(=O)OC)(NCC(=O)C=O)NCC(=O)C=O. The molecule has 0 heterocycles. The van der Waals surface area contributed by atoms with Crippen LogP contribution >= 0.6 is 0 Å². The van der Waals surface area contributed by atoms with Crippen LogP contribution in [0.2, 0.25) is 0 Å². The topological polar surface area (TPSA) is 119 Å². The standard InChI is InChI=1S/C12H18N2O6/c1-3-12(4-11(19)20-2,13-5-9(17)7-15)14-6-10(18)8-16/h7-8,13-14H,3-6H2,1-2H3. The lowest BCUT2D eigenvalue weighted by atomic mass is 10.0. The average molecular weight is 286 g/mol. The fraction of sp³-hybridized carbons (Fsp3) is 0.583. The molecule has 0 saturated carbocycles. The summed E-state index contributed by atoms with van der Waals surface area (Å²) in [5, 5.41) is 5.43. The summed E-state index contributed by atoms with van der Waals surface area (Å²) in [6.45, 7) is 1.12. The normalized spacial score (nSPS) is 10.7. The fourth-order valence-electron chi connectivity index (χ4n) is 1.48. The van der Waals surface area contributed by atoms with Crippen LogP contribution in [0.5, 0.6) is 0 Å². The van der Waals surface area contributed by atoms with Gasteiger partial charge in [-0.25, -0.2) is 0 Å². The first-order valence-corrected chi connectivity index (χ1v) is 5.96. The van der Waals surface area contributed by atoms with E-state index in [4.69, 9.17) is 0 Å². The number of ether oxygens (including phenoxy) is 1. The number of aldehydes is 2. The molecule has 0 aromatic heterocycles. The van der Waals surface area contributed by atoms with Crippen LogP contribution in [0, 0.1) is 0 Å². The summed E-state index contributed by atoms with van der Waals surface area (Å²) >= 11 is 0. The van der Waals surface area contributed by atoms with Crippen molar-refractivity contribution in [2.45, 2.75) is 25.4 Å². The predicted octanol–water partition coefficient (Wildman–Crippen LogP) is -1.63. The van der Waals surface area contributed by atoms with Gasteiger partial charge >= 0.3 is 5.97 Å². The number of ketones is 2. The second-order valence-electron chi connectivity index (χ2n) is 4.06. The van der Waals surface area contributed by atoms with E-state index in [0.29, 0.717) is 6.42 Å². The van der Waals surface area contributed by atoms with Crippen molar-refractivity contribution >= 4 is 30.1 Å². The molecule has 0 unspecified atom stereocenters. The Labute approximate surface area is 116 Å². The van der Waals surface area contributed by atoms with Gasteiger partial charge < -0.3 is 4.74 Å². The lowest BCUT2D eigenvalue weighted by Gasteiger charge is -2.33. The van der Waals surface area contributed by atoms with Gasteiger partial charge in [-0.15, -0.1) is 0 Å². The van der Waals surface area contributed by atoms with Crippen LogP contribution in [0.25, 0.3) is 0 Å². The molecule has 8 heteroatoms. The number of carbonyl (C=O) groups excluding carboxylic acids is 5. The Kier molecular flexibility index (Phi) is 8.18. The number of methoxy groups -OCH3 is 1. The largest absolute Gasteiger partial charge is 0.469 e. The zero-order valence-electron chi connectivity index (χ0n) is 11.4. The number of carbonyl (C=O) groups is 5. The van der Waals surface area contributed by atoms with Crippen molar-refractivity contribution in [3.8, 4) is 0 Å². The summed E-state index contributed by atoms with van der Waals surface area (Å²) < 4.78 is 4.55. The molecule has 0 rings (SSSR count). The second kappa shape index (κ2) is 9.05. The Balaban J connectivity index is 4.89. The van der Waals surface area contributed by atoms with Gasteiger partial charge in [0.1, 0.15) is 0 Å². The van der Waals surface area contributed by atoms with Crippen LogP contribution in [0.1, 0.15) is 19.8 Å². The summed E-state index contributed by atoms with van der Waals surface area (Å²) in [6, 6.07) is 0. The highest BCUT2D eigenvalue weighted by Crippen LogP contribution is 2.12. The minimum absolute atomic E-state index is 0.155. The van der Waals surface area contributed by atoms with E-state index in [-0.39, 0.29) is 32.1 Å². The molecule has 2 N–H and O–H groups in total. The predicted molar refractivity (Wildman–Crippen MR) is 67.8 cm³/mol. The van der Waals surface area contributed by atoms with Gasteiger partial charge in [-0.3, -0.25) is 34.6 Å². The Hall–Kier alpha value is -1.93. The van der Waals surface area contributed by atoms with E-state index in [1.54, 1.807) is 6.92 Å². The van der Waals surface area contributed by atoms with E-state index >= 15 is 0 Å². The summed E-state index contributed by atoms with van der Waals surface area (Å²) in [5.41, 5.74) is -1.11. The van der Waals surface area contributed by atoms with Gasteiger partial charge in [0, 0.05) is 0 Å². The van der Waals surface area contributed by atoms with Crippen LogP contribution in [0.4, 0.5) is 0 Å². The highest BCUT2D eigenvalue weighted by atomic mass is 16.5. The van der Waals surface area contributed by atoms with Gasteiger partial charge in [0.05, 0.1) is 32.3 Å². The van der Waals surface area contributed by atoms with Crippen LogP contribution in [0.3, 0.4) is 0 Å². The Morgan fingerprint density at radius 3 is 1.80 bits per heavy atom. The zero-order chi connectivity index (χ0) is 15.6. The third-order valence-electron chi connectivity index (χ3n) is 2.74. The first-order chi connectivity index (χ1) is 9.42. The molecule has 0 fully saturated rings. The molecular formula is C12H18N2O6. The molecule has 8 nitrogen and oxygen atoms in total. The van der Waals surface area contributed by atoms with Crippen LogP contribution < -0.4 is 10.6 Å². The van der Waals surface area contributed by atoms with E-state index in [9.17, 15) is 24.0 Å². The summed E-state index contributed by atoms with van der Waals surface area (Å²) in [4.78, 5) is 54.1. The highest BCUT2D eigenvalue weighted by Gasteiger charge is 2.31. The molecule has 0 spiro atoms. The number of esters is 1. The van der Waals surface area contributed by atoms with E-state index in [0.717, 1.165) is 0 Å². The maximum atomic E-state index is 11.4. The molecule has 0 aromatic carbocycles. The monoisotopic (exact) mass is 286 g/mol. The molecule has 0 saturated heterocycles. The van der Waals surface area contributed by atoms with E-state index in [1.807, 2.05) is 0 Å². The molecular weight excluding hydrogens is 268 g/mol. The van der Waals surface area contributed by atoms with Gasteiger partial charge in [-0.2, -0.15) is 0 Å². The van der Waals surface area contributed by atoms with Crippen LogP contribution in [-0.4, -0.2) is 56.0 Å². The van der Waals surface area contributed by atoms with Gasteiger partial charge in [-0.05, 0) is 6.42 Å². The average Bonchev–Trinajstić information content (AvgIpc) is 2.48. The molecule has 0 amide bonds. The third-order valence-corrected chi connectivity index (χ3v) is 2.74. The molecule has 112 valence electrons. The highest BCUT2D eigenvalue weighted by molar-refractivity contribution is 6.26. The zero-order valence-corrected chi connectivity index (χ0v) is 11.4. The molecule has 0 aliphatic carbocycles. The Bertz CT molecular complexity index is 369. The third kappa shape index (κ3) is 6.30. The number of hydrogen-bond donors (Lipinski definition) is 2. The van der Waals surface area contributed by atoms with Crippen LogP contribution in [0.15, 0.2) is 0 Å². The van der Waals surface area contributed by atoms with E-state index < -0.39 is 23.2 Å². The summed E-state index contributed by atoms with van der Waals surface area (Å²) in [7, 11) is 1.20. The maximum Gasteiger partial charge on any atom is 0.308 e. The van der Waals surface area contributed by atoms with Crippen molar-refractivity contribution in [2.75, 3.05) is 20.2 Å². The van der Waals surface area contributed by atoms with Crippen molar-refractivity contribution < 1.29 is 28.7 Å². The van der Waals surface area contributed by atoms with Gasteiger partial charge in [0.2, 0.25) is 11.6 Å². The number of nitrogens with one attached hydrogen (secondary N) is 2. The maximum absolute atomic E-state index is 11.4. The minimum atomic E-state index is -1.11. The minimum Gasteiger partial charge on any atom is -0.469 e.